The fourth-order valence-electron chi connectivity index (χ4n) is 3.20. The minimum atomic E-state index is -1.22. The molecule has 2 aliphatic heterocycles. The Labute approximate surface area is 141 Å². The zero-order valence-electron chi connectivity index (χ0n) is 14.0. The highest BCUT2D eigenvalue weighted by Gasteiger charge is 2.34. The van der Waals surface area contributed by atoms with Crippen molar-refractivity contribution in [2.45, 2.75) is 31.3 Å². The van der Waals surface area contributed by atoms with Gasteiger partial charge < -0.3 is 15.4 Å². The van der Waals surface area contributed by atoms with Crippen molar-refractivity contribution in [3.63, 3.8) is 0 Å². The highest BCUT2D eigenvalue weighted by atomic mass is 28.3. The summed E-state index contributed by atoms with van der Waals surface area (Å²) < 4.78 is 34.2. The molecule has 0 radical (unpaired) electrons. The van der Waals surface area contributed by atoms with E-state index in [1.54, 1.807) is 4.90 Å². The first-order valence-electron chi connectivity index (χ1n) is 8.23. The molecule has 2 heterocycles. The molecule has 2 saturated heterocycles. The highest BCUT2D eigenvalue weighted by molar-refractivity contribution is 6.77. The first kappa shape index (κ1) is 17.2. The Morgan fingerprint density at radius 2 is 1.83 bits per heavy atom. The lowest BCUT2D eigenvalue weighted by molar-refractivity contribution is 0.145. The molecule has 8 heteroatoms. The van der Waals surface area contributed by atoms with Crippen LogP contribution in [0, 0.1) is 11.6 Å². The van der Waals surface area contributed by atoms with Crippen LogP contribution in [0.25, 0.3) is 0 Å². The third-order valence-electron chi connectivity index (χ3n) is 4.88. The smallest absolute Gasteiger partial charge is 0.414 e. The zero-order valence-corrected chi connectivity index (χ0v) is 15.0. The van der Waals surface area contributed by atoms with Gasteiger partial charge in [-0.3, -0.25) is 4.90 Å². The van der Waals surface area contributed by atoms with Crippen molar-refractivity contribution in [2.75, 3.05) is 36.0 Å². The van der Waals surface area contributed by atoms with Gasteiger partial charge in [-0.15, -0.1) is 0 Å². The van der Waals surface area contributed by atoms with Gasteiger partial charge >= 0.3 is 6.09 Å². The largest absolute Gasteiger partial charge is 0.443 e. The summed E-state index contributed by atoms with van der Waals surface area (Å²) in [5, 5.41) is 0. The molecule has 2 fully saturated rings. The van der Waals surface area contributed by atoms with Gasteiger partial charge in [0.25, 0.3) is 0 Å². The Bertz CT molecular complexity index is 623. The van der Waals surface area contributed by atoms with Crippen molar-refractivity contribution in [2.24, 2.45) is 5.73 Å². The molecule has 132 valence electrons. The van der Waals surface area contributed by atoms with E-state index in [-0.39, 0.29) is 24.5 Å². The van der Waals surface area contributed by atoms with E-state index < -0.39 is 31.9 Å². The van der Waals surface area contributed by atoms with Gasteiger partial charge in [-0.05, 0) is 12.1 Å². The van der Waals surface area contributed by atoms with Gasteiger partial charge in [0.2, 0.25) is 0 Å². The van der Waals surface area contributed by atoms with Crippen LogP contribution in [-0.4, -0.2) is 46.5 Å². The van der Waals surface area contributed by atoms with E-state index in [0.717, 1.165) is 12.1 Å². The van der Waals surface area contributed by atoms with Gasteiger partial charge in [-0.2, -0.15) is 0 Å². The molecule has 5 nitrogen and oxygen atoms in total. The Balaban J connectivity index is 1.83. The normalized spacial score (nSPS) is 23.5. The summed E-state index contributed by atoms with van der Waals surface area (Å²) in [7, 11) is -1.22. The highest BCUT2D eigenvalue weighted by Crippen LogP contribution is 2.34. The summed E-state index contributed by atoms with van der Waals surface area (Å²) in [6.45, 7) is 6.33. The van der Waals surface area contributed by atoms with E-state index in [1.165, 1.54) is 17.0 Å². The summed E-state index contributed by atoms with van der Waals surface area (Å²) in [6.07, 6.45) is -1.07. The number of hydrogen-bond donors (Lipinski definition) is 1. The number of rotatable bonds is 3. The average molecular weight is 355 g/mol. The first-order valence-corrected chi connectivity index (χ1v) is 11.6. The maximum atomic E-state index is 14.6. The molecule has 1 aromatic rings. The second kappa shape index (κ2) is 6.32. The predicted molar refractivity (Wildman–Crippen MR) is 92.3 cm³/mol. The van der Waals surface area contributed by atoms with E-state index in [1.807, 2.05) is 0 Å². The maximum Gasteiger partial charge on any atom is 0.414 e. The fraction of sp³-hybridized carbons (Fsp3) is 0.562. The lowest BCUT2D eigenvalue weighted by Crippen LogP contribution is -2.43. The summed E-state index contributed by atoms with van der Waals surface area (Å²) in [5.41, 5.74) is 5.66. The number of amides is 1. The minimum Gasteiger partial charge on any atom is -0.443 e. The van der Waals surface area contributed by atoms with Gasteiger partial charge in [-0.25, -0.2) is 13.6 Å². The van der Waals surface area contributed by atoms with Crippen LogP contribution in [0.5, 0.6) is 0 Å². The van der Waals surface area contributed by atoms with Crippen molar-refractivity contribution in [3.8, 4) is 0 Å². The van der Waals surface area contributed by atoms with E-state index in [4.69, 9.17) is 10.5 Å². The van der Waals surface area contributed by atoms with Gasteiger partial charge in [0, 0.05) is 31.8 Å². The van der Waals surface area contributed by atoms with E-state index >= 15 is 0 Å². The van der Waals surface area contributed by atoms with Gasteiger partial charge in [-0.1, -0.05) is 13.1 Å². The molecular formula is C16H23F2N3O2Si. The second-order valence-corrected chi connectivity index (χ2v) is 12.6. The van der Waals surface area contributed by atoms with Crippen LogP contribution in [0.4, 0.5) is 25.0 Å². The number of carbonyl (C=O) groups is 1. The first-order chi connectivity index (χ1) is 11.3. The summed E-state index contributed by atoms with van der Waals surface area (Å²) >= 11 is 0. The van der Waals surface area contributed by atoms with Crippen LogP contribution in [0.2, 0.25) is 25.2 Å². The number of benzene rings is 1. The maximum absolute atomic E-state index is 14.6. The molecule has 1 unspecified atom stereocenters. The number of carbonyl (C=O) groups excluding carboxylic acids is 1. The molecule has 1 amide bonds. The number of nitrogens with two attached hydrogens (primary N) is 1. The molecule has 1 aromatic carbocycles. The van der Waals surface area contributed by atoms with Crippen LogP contribution in [0.15, 0.2) is 12.1 Å². The van der Waals surface area contributed by atoms with Crippen molar-refractivity contribution < 1.29 is 18.3 Å². The lowest BCUT2D eigenvalue weighted by atomic mass is 10.2. The third-order valence-corrected chi connectivity index (χ3v) is 8.04. The third kappa shape index (κ3) is 3.25. The molecular weight excluding hydrogens is 332 g/mol. The van der Waals surface area contributed by atoms with Crippen LogP contribution in [0.3, 0.4) is 0 Å². The van der Waals surface area contributed by atoms with Gasteiger partial charge in [0.15, 0.2) is 11.6 Å². The molecule has 0 aromatic heterocycles. The number of halogens is 2. The van der Waals surface area contributed by atoms with E-state index in [0.29, 0.717) is 13.1 Å². The molecule has 0 spiro atoms. The Hall–Kier alpha value is -1.67. The molecule has 0 aliphatic carbocycles. The average Bonchev–Trinajstić information content (AvgIpc) is 2.89. The monoisotopic (exact) mass is 355 g/mol. The zero-order chi connectivity index (χ0) is 17.5. The molecule has 0 saturated carbocycles. The van der Waals surface area contributed by atoms with Crippen LogP contribution >= 0.6 is 0 Å². The fourth-order valence-corrected chi connectivity index (χ4v) is 5.20. The van der Waals surface area contributed by atoms with Crippen LogP contribution in [-0.2, 0) is 4.74 Å². The quantitative estimate of drug-likeness (QED) is 0.847. The molecule has 24 heavy (non-hydrogen) atoms. The van der Waals surface area contributed by atoms with Crippen LogP contribution < -0.4 is 15.5 Å². The van der Waals surface area contributed by atoms with Crippen molar-refractivity contribution in [1.82, 2.24) is 0 Å². The molecule has 3 rings (SSSR count). The van der Waals surface area contributed by atoms with E-state index in [2.05, 4.69) is 13.1 Å². The second-order valence-electron chi connectivity index (χ2n) is 7.26. The number of anilines is 2. The number of cyclic esters (lactones) is 1. The molecule has 2 N–H and O–H groups in total. The number of hydrogen-bond acceptors (Lipinski definition) is 4. The number of ether oxygens (including phenoxy) is 1. The van der Waals surface area contributed by atoms with E-state index in [9.17, 15) is 13.6 Å². The Kier molecular flexibility index (Phi) is 4.52. The SMILES string of the molecule is C[Si]1(C)CCN(c2c(F)cc(N3CC(CN)OC3=O)cc2F)CC1. The summed E-state index contributed by atoms with van der Waals surface area (Å²) in [4.78, 5) is 14.8. The molecule has 0 bridgehead atoms. The molecule has 1 atom stereocenters. The Morgan fingerprint density at radius 1 is 1.25 bits per heavy atom. The van der Waals surface area contributed by atoms with Gasteiger partial charge in [0.05, 0.1) is 20.3 Å². The topological polar surface area (TPSA) is 58.8 Å². The van der Waals surface area contributed by atoms with Crippen molar-refractivity contribution in [3.05, 3.63) is 23.8 Å². The minimum absolute atomic E-state index is 0.00573. The predicted octanol–water partition coefficient (Wildman–Crippen LogP) is 2.78. The van der Waals surface area contributed by atoms with Crippen LogP contribution in [0.1, 0.15) is 0 Å². The summed E-state index contributed by atoms with van der Waals surface area (Å²) in [5.74, 6) is -1.29. The standard InChI is InChI=1S/C16H23F2N3O2Si/c1-24(2)5-3-20(4-6-24)15-13(17)7-11(8-14(15)18)21-10-12(9-19)23-16(21)22/h7-8,12H,3-6,9-10,19H2,1-2H3. The van der Waals surface area contributed by atoms with Gasteiger partial charge in [0.1, 0.15) is 11.8 Å². The lowest BCUT2D eigenvalue weighted by Gasteiger charge is -2.37. The Morgan fingerprint density at radius 3 is 2.33 bits per heavy atom. The van der Waals surface area contributed by atoms with Crippen molar-refractivity contribution in [1.29, 1.82) is 0 Å². The summed E-state index contributed by atoms with van der Waals surface area (Å²) in [6, 6.07) is 4.44. The number of nitrogens with zero attached hydrogens (tertiary/aromatic N) is 2. The van der Waals surface area contributed by atoms with Crippen molar-refractivity contribution >= 4 is 25.5 Å². The molecule has 2 aliphatic rings.